The molecule has 204 valence electrons. The number of thiol groups is 1. The van der Waals surface area contributed by atoms with Crippen LogP contribution in [0.25, 0.3) is 0 Å². The molecule has 0 aliphatic rings. The molecule has 38 heavy (non-hydrogen) atoms. The van der Waals surface area contributed by atoms with Gasteiger partial charge in [-0.1, -0.05) is 42.5 Å². The van der Waals surface area contributed by atoms with Crippen molar-refractivity contribution >= 4 is 42.2 Å². The number of rotatable bonds is 14. The monoisotopic (exact) mass is 545 g/mol. The van der Waals surface area contributed by atoms with E-state index in [0.29, 0.717) is 11.1 Å². The number of amides is 4. The zero-order valence-corrected chi connectivity index (χ0v) is 21.3. The second-order valence-corrected chi connectivity index (χ2v) is 8.91. The van der Waals surface area contributed by atoms with Gasteiger partial charge in [0.2, 0.25) is 23.6 Å². The highest BCUT2D eigenvalue weighted by molar-refractivity contribution is 7.80. The van der Waals surface area contributed by atoms with Crippen LogP contribution in [-0.4, -0.2) is 69.7 Å². The number of aliphatic carboxylic acids is 1. The summed E-state index contributed by atoms with van der Waals surface area (Å²) in [6.45, 7) is 0. The first-order chi connectivity index (χ1) is 18.0. The molecule has 4 atom stereocenters. The molecule has 2 rings (SSSR count). The highest BCUT2D eigenvalue weighted by Gasteiger charge is 2.30. The molecule has 4 amide bonds. The lowest BCUT2D eigenvalue weighted by atomic mass is 10.0. The van der Waals surface area contributed by atoms with E-state index in [9.17, 15) is 34.2 Å². The topological polar surface area (TPSA) is 214 Å². The molecular weight excluding hydrogens is 514 g/mol. The lowest BCUT2D eigenvalue weighted by Gasteiger charge is -2.25. The van der Waals surface area contributed by atoms with Crippen LogP contribution in [-0.2, 0) is 36.8 Å². The summed E-state index contributed by atoms with van der Waals surface area (Å²) < 4.78 is 0. The molecule has 0 heterocycles. The summed E-state index contributed by atoms with van der Waals surface area (Å²) in [6, 6.07) is 9.59. The second-order valence-electron chi connectivity index (χ2n) is 8.54. The van der Waals surface area contributed by atoms with Gasteiger partial charge in [-0.05, 0) is 23.3 Å². The van der Waals surface area contributed by atoms with Gasteiger partial charge in [-0.2, -0.15) is 12.6 Å². The summed E-state index contributed by atoms with van der Waals surface area (Å²) in [7, 11) is 0. The van der Waals surface area contributed by atoms with Crippen molar-refractivity contribution in [3.8, 4) is 5.75 Å². The van der Waals surface area contributed by atoms with Gasteiger partial charge in [-0.25, -0.2) is 4.79 Å². The van der Waals surface area contributed by atoms with E-state index >= 15 is 0 Å². The standard InChI is InChI=1S/C25H31N5O7S/c26-17(12-21(27)32)22(33)28-18(10-14-4-2-1-3-5-14)23(34)29-19(11-15-6-8-16(31)9-7-15)24(35)30-20(13-38)25(36)37/h1-9,17-20,31,38H,10-13,26H2,(H2,27,32)(H,28,33)(H,29,34)(H,30,35)(H,36,37). The quantitative estimate of drug-likeness (QED) is 0.135. The summed E-state index contributed by atoms with van der Waals surface area (Å²) in [4.78, 5) is 61.6. The smallest absolute Gasteiger partial charge is 0.327 e. The van der Waals surface area contributed by atoms with Crippen LogP contribution in [0.15, 0.2) is 54.6 Å². The number of nitrogens with one attached hydrogen (secondary N) is 3. The van der Waals surface area contributed by atoms with Crippen LogP contribution < -0.4 is 27.4 Å². The van der Waals surface area contributed by atoms with Crippen LogP contribution in [0.1, 0.15) is 17.5 Å². The average Bonchev–Trinajstić information content (AvgIpc) is 2.87. The Morgan fingerprint density at radius 2 is 1.24 bits per heavy atom. The maximum atomic E-state index is 13.4. The molecule has 2 aromatic carbocycles. The average molecular weight is 546 g/mol. The zero-order valence-electron chi connectivity index (χ0n) is 20.4. The van der Waals surface area contributed by atoms with E-state index in [-0.39, 0.29) is 24.3 Å². The molecule has 0 radical (unpaired) electrons. The molecule has 0 saturated carbocycles. The van der Waals surface area contributed by atoms with Gasteiger partial charge < -0.3 is 37.6 Å². The number of primary amides is 1. The van der Waals surface area contributed by atoms with Crippen molar-refractivity contribution < 1.29 is 34.2 Å². The van der Waals surface area contributed by atoms with Crippen LogP contribution >= 0.6 is 12.6 Å². The van der Waals surface area contributed by atoms with E-state index in [1.807, 2.05) is 0 Å². The molecule has 12 nitrogen and oxygen atoms in total. The summed E-state index contributed by atoms with van der Waals surface area (Å²) >= 11 is 3.94. The Labute approximate surface area is 224 Å². The Kier molecular flexibility index (Phi) is 11.6. The van der Waals surface area contributed by atoms with Gasteiger partial charge in [-0.3, -0.25) is 19.2 Å². The molecule has 2 aromatic rings. The predicted octanol–water partition coefficient (Wildman–Crippen LogP) is -1.15. The Balaban J connectivity index is 2.30. The fraction of sp³-hybridized carbons (Fsp3) is 0.320. The van der Waals surface area contributed by atoms with Crippen LogP contribution in [0.3, 0.4) is 0 Å². The minimum absolute atomic E-state index is 0.00209. The van der Waals surface area contributed by atoms with E-state index in [1.165, 1.54) is 12.1 Å². The van der Waals surface area contributed by atoms with Gasteiger partial charge in [0.15, 0.2) is 0 Å². The Bertz CT molecular complexity index is 1130. The third kappa shape index (κ3) is 9.75. The first kappa shape index (κ1) is 30.1. The van der Waals surface area contributed by atoms with Crippen molar-refractivity contribution in [1.82, 2.24) is 16.0 Å². The number of aromatic hydroxyl groups is 1. The number of carboxylic acid groups (broad SMARTS) is 1. The maximum absolute atomic E-state index is 13.4. The molecule has 0 bridgehead atoms. The van der Waals surface area contributed by atoms with E-state index in [0.717, 1.165) is 0 Å². The Hall–Kier alpha value is -4.10. The molecule has 4 unspecified atom stereocenters. The molecule has 0 aliphatic carbocycles. The Morgan fingerprint density at radius 1 is 0.763 bits per heavy atom. The number of hydrogen-bond donors (Lipinski definition) is 8. The highest BCUT2D eigenvalue weighted by Crippen LogP contribution is 2.12. The van der Waals surface area contributed by atoms with Crippen LogP contribution in [0.2, 0.25) is 0 Å². The molecule has 9 N–H and O–H groups in total. The van der Waals surface area contributed by atoms with E-state index in [1.54, 1.807) is 42.5 Å². The van der Waals surface area contributed by atoms with Crippen LogP contribution in [0.4, 0.5) is 0 Å². The first-order valence-corrected chi connectivity index (χ1v) is 12.2. The lowest BCUT2D eigenvalue weighted by molar-refractivity contribution is -0.141. The number of hydrogen-bond acceptors (Lipinski definition) is 8. The van der Waals surface area contributed by atoms with Crippen LogP contribution in [0.5, 0.6) is 5.75 Å². The van der Waals surface area contributed by atoms with Crippen LogP contribution in [0, 0.1) is 0 Å². The van der Waals surface area contributed by atoms with Gasteiger partial charge >= 0.3 is 5.97 Å². The highest BCUT2D eigenvalue weighted by atomic mass is 32.1. The van der Waals surface area contributed by atoms with Crippen molar-refractivity contribution in [3.63, 3.8) is 0 Å². The largest absolute Gasteiger partial charge is 0.508 e. The van der Waals surface area contributed by atoms with Gasteiger partial charge in [-0.15, -0.1) is 0 Å². The third-order valence-corrected chi connectivity index (χ3v) is 5.84. The number of phenolic OH excluding ortho intramolecular Hbond substituents is 1. The van der Waals surface area contributed by atoms with Gasteiger partial charge in [0, 0.05) is 18.6 Å². The van der Waals surface area contributed by atoms with Crippen molar-refractivity contribution in [2.75, 3.05) is 5.75 Å². The van der Waals surface area contributed by atoms with E-state index in [4.69, 9.17) is 11.5 Å². The van der Waals surface area contributed by atoms with Gasteiger partial charge in [0.1, 0.15) is 23.9 Å². The number of carboxylic acids is 1. The predicted molar refractivity (Wildman–Crippen MR) is 141 cm³/mol. The Morgan fingerprint density at radius 3 is 1.71 bits per heavy atom. The number of nitrogens with two attached hydrogens (primary N) is 2. The molecule has 0 fully saturated rings. The molecular formula is C25H31N5O7S. The minimum Gasteiger partial charge on any atom is -0.508 e. The van der Waals surface area contributed by atoms with E-state index < -0.39 is 60.2 Å². The number of carbonyl (C=O) groups is 5. The van der Waals surface area contributed by atoms with Gasteiger partial charge in [0.05, 0.1) is 12.5 Å². The number of phenols is 1. The fourth-order valence-electron chi connectivity index (χ4n) is 3.45. The zero-order chi connectivity index (χ0) is 28.2. The molecule has 0 saturated heterocycles. The second kappa shape index (κ2) is 14.6. The molecule has 0 aliphatic heterocycles. The summed E-state index contributed by atoms with van der Waals surface area (Å²) in [5, 5.41) is 26.3. The van der Waals surface area contributed by atoms with Gasteiger partial charge in [0.25, 0.3) is 0 Å². The van der Waals surface area contributed by atoms with Crippen molar-refractivity contribution in [1.29, 1.82) is 0 Å². The fourth-order valence-corrected chi connectivity index (χ4v) is 3.70. The SMILES string of the molecule is NC(=O)CC(N)C(=O)NC(Cc1ccccc1)C(=O)NC(Cc1ccc(O)cc1)C(=O)NC(CS)C(=O)O. The molecule has 0 aromatic heterocycles. The summed E-state index contributed by atoms with van der Waals surface area (Å²) in [6.07, 6.45) is -0.453. The summed E-state index contributed by atoms with van der Waals surface area (Å²) in [5.74, 6) is -4.61. The number of carbonyl (C=O) groups excluding carboxylic acids is 4. The number of benzene rings is 2. The lowest BCUT2D eigenvalue weighted by Crippen LogP contribution is -2.58. The molecule has 0 spiro atoms. The van der Waals surface area contributed by atoms with Crippen molar-refractivity contribution in [3.05, 3.63) is 65.7 Å². The molecule has 13 heteroatoms. The van der Waals surface area contributed by atoms with Crippen molar-refractivity contribution in [2.45, 2.75) is 43.4 Å². The normalized spacial score (nSPS) is 13.8. The third-order valence-electron chi connectivity index (χ3n) is 5.48. The van der Waals surface area contributed by atoms with E-state index in [2.05, 4.69) is 28.6 Å². The summed E-state index contributed by atoms with van der Waals surface area (Å²) in [5.41, 5.74) is 12.1. The first-order valence-electron chi connectivity index (χ1n) is 11.6. The maximum Gasteiger partial charge on any atom is 0.327 e. The minimum atomic E-state index is -1.31. The van der Waals surface area contributed by atoms with Crippen molar-refractivity contribution in [2.24, 2.45) is 11.5 Å².